The Kier molecular flexibility index (Phi) is 3.65. The second kappa shape index (κ2) is 5.19. The number of halogens is 1. The molecule has 0 heterocycles. The molecule has 16 heavy (non-hydrogen) atoms. The van der Waals surface area contributed by atoms with Gasteiger partial charge in [-0.1, -0.05) is 19.3 Å². The molecule has 88 valence electrons. The van der Waals surface area contributed by atoms with Crippen LogP contribution in [0, 0.1) is 11.7 Å². The van der Waals surface area contributed by atoms with Crippen molar-refractivity contribution in [3.63, 3.8) is 0 Å². The molecule has 0 saturated heterocycles. The van der Waals surface area contributed by atoms with E-state index in [0.717, 1.165) is 6.07 Å². The molecule has 1 N–H and O–H groups in total. The first-order valence-electron chi connectivity index (χ1n) is 5.87. The Hall–Kier alpha value is -1.25. The van der Waals surface area contributed by atoms with Gasteiger partial charge in [0.05, 0.1) is 6.61 Å². The minimum Gasteiger partial charge on any atom is -0.508 e. The summed E-state index contributed by atoms with van der Waals surface area (Å²) in [6, 6.07) is 4.00. The summed E-state index contributed by atoms with van der Waals surface area (Å²) in [4.78, 5) is 0. The fourth-order valence-corrected chi connectivity index (χ4v) is 2.17. The molecule has 0 aromatic heterocycles. The number of hydrogen-bond donors (Lipinski definition) is 1. The summed E-state index contributed by atoms with van der Waals surface area (Å²) < 4.78 is 18.8. The minimum atomic E-state index is -0.490. The van der Waals surface area contributed by atoms with Crippen molar-refractivity contribution in [3.05, 3.63) is 24.0 Å². The zero-order chi connectivity index (χ0) is 11.4. The average molecular weight is 224 g/mol. The molecule has 0 atom stereocenters. The van der Waals surface area contributed by atoms with Crippen LogP contribution in [0.2, 0.25) is 0 Å². The van der Waals surface area contributed by atoms with Gasteiger partial charge in [-0.05, 0) is 30.9 Å². The summed E-state index contributed by atoms with van der Waals surface area (Å²) in [6.45, 7) is 0.585. The van der Waals surface area contributed by atoms with E-state index in [0.29, 0.717) is 12.5 Å². The Bertz CT molecular complexity index is 346. The van der Waals surface area contributed by atoms with Gasteiger partial charge in [0.25, 0.3) is 0 Å². The Balaban J connectivity index is 1.88. The molecule has 0 aliphatic heterocycles. The van der Waals surface area contributed by atoms with Crippen molar-refractivity contribution in [1.82, 2.24) is 0 Å². The second-order valence-corrected chi connectivity index (χ2v) is 4.43. The van der Waals surface area contributed by atoms with Crippen LogP contribution in [0.15, 0.2) is 18.2 Å². The molecule has 3 heteroatoms. The summed E-state index contributed by atoms with van der Waals surface area (Å²) in [5, 5.41) is 9.06. The fraction of sp³-hybridized carbons (Fsp3) is 0.538. The summed E-state index contributed by atoms with van der Waals surface area (Å²) in [5.74, 6) is 0.239. The van der Waals surface area contributed by atoms with Crippen molar-refractivity contribution in [2.45, 2.75) is 32.1 Å². The van der Waals surface area contributed by atoms with Crippen LogP contribution in [-0.2, 0) is 0 Å². The van der Waals surface area contributed by atoms with E-state index in [4.69, 9.17) is 9.84 Å². The highest BCUT2D eigenvalue weighted by atomic mass is 19.1. The number of benzene rings is 1. The number of phenolic OH excluding ortho intramolecular Hbond substituents is 1. The van der Waals surface area contributed by atoms with Gasteiger partial charge in [-0.25, -0.2) is 4.39 Å². The van der Waals surface area contributed by atoms with Crippen LogP contribution in [0.1, 0.15) is 32.1 Å². The maximum Gasteiger partial charge on any atom is 0.168 e. The largest absolute Gasteiger partial charge is 0.508 e. The van der Waals surface area contributed by atoms with E-state index in [2.05, 4.69) is 0 Å². The Morgan fingerprint density at radius 2 is 2.00 bits per heavy atom. The van der Waals surface area contributed by atoms with Crippen molar-refractivity contribution in [3.8, 4) is 11.5 Å². The van der Waals surface area contributed by atoms with Gasteiger partial charge in [0, 0.05) is 6.07 Å². The quantitative estimate of drug-likeness (QED) is 0.851. The molecular weight excluding hydrogens is 207 g/mol. The van der Waals surface area contributed by atoms with E-state index in [9.17, 15) is 4.39 Å². The molecule has 0 bridgehead atoms. The monoisotopic (exact) mass is 224 g/mol. The van der Waals surface area contributed by atoms with Crippen LogP contribution in [-0.4, -0.2) is 11.7 Å². The highest BCUT2D eigenvalue weighted by Crippen LogP contribution is 2.26. The first-order chi connectivity index (χ1) is 7.75. The number of ether oxygens (including phenoxy) is 1. The number of rotatable bonds is 3. The molecule has 1 aliphatic rings. The molecule has 2 rings (SSSR count). The van der Waals surface area contributed by atoms with E-state index < -0.39 is 5.82 Å². The predicted octanol–water partition coefficient (Wildman–Crippen LogP) is 3.49. The molecule has 1 saturated carbocycles. The highest BCUT2D eigenvalue weighted by Gasteiger charge is 2.14. The lowest BCUT2D eigenvalue weighted by atomic mass is 9.90. The normalized spacial score (nSPS) is 17.3. The van der Waals surface area contributed by atoms with Crippen LogP contribution in [0.3, 0.4) is 0 Å². The molecule has 1 fully saturated rings. The lowest BCUT2D eigenvalue weighted by molar-refractivity contribution is 0.202. The lowest BCUT2D eigenvalue weighted by Crippen LogP contribution is -2.15. The zero-order valence-electron chi connectivity index (χ0n) is 9.29. The van der Waals surface area contributed by atoms with Crippen LogP contribution in [0.4, 0.5) is 4.39 Å². The fourth-order valence-electron chi connectivity index (χ4n) is 2.17. The van der Waals surface area contributed by atoms with Crippen LogP contribution in [0.25, 0.3) is 0 Å². The molecule has 2 nitrogen and oxygen atoms in total. The number of aromatic hydroxyl groups is 1. The van der Waals surface area contributed by atoms with Crippen molar-refractivity contribution >= 4 is 0 Å². The zero-order valence-corrected chi connectivity index (χ0v) is 9.29. The first kappa shape index (κ1) is 11.2. The molecule has 0 radical (unpaired) electrons. The van der Waals surface area contributed by atoms with Gasteiger partial charge in [0.1, 0.15) is 5.75 Å². The van der Waals surface area contributed by atoms with Crippen molar-refractivity contribution < 1.29 is 14.2 Å². The molecule has 0 amide bonds. The minimum absolute atomic E-state index is 0.0671. The Morgan fingerprint density at radius 1 is 1.25 bits per heavy atom. The van der Waals surface area contributed by atoms with E-state index >= 15 is 0 Å². The SMILES string of the molecule is Oc1ccc(OCC2CCCCC2)c(F)c1. The van der Waals surface area contributed by atoms with Crippen LogP contribution in [0.5, 0.6) is 11.5 Å². The van der Waals surface area contributed by atoms with Crippen molar-refractivity contribution in [2.24, 2.45) is 5.92 Å². The van der Waals surface area contributed by atoms with Gasteiger partial charge in [-0.3, -0.25) is 0 Å². The average Bonchev–Trinajstić information content (AvgIpc) is 2.29. The molecular formula is C13H17FO2. The molecule has 1 aromatic rings. The lowest BCUT2D eigenvalue weighted by Gasteiger charge is -2.21. The molecule has 1 aliphatic carbocycles. The van der Waals surface area contributed by atoms with E-state index in [1.807, 2.05) is 0 Å². The highest BCUT2D eigenvalue weighted by molar-refractivity contribution is 5.32. The summed E-state index contributed by atoms with van der Waals surface area (Å²) in [7, 11) is 0. The molecule has 0 unspecified atom stereocenters. The number of phenols is 1. The molecule has 0 spiro atoms. The third kappa shape index (κ3) is 2.87. The molecule has 1 aromatic carbocycles. The van der Waals surface area contributed by atoms with Crippen LogP contribution >= 0.6 is 0 Å². The van der Waals surface area contributed by atoms with E-state index in [-0.39, 0.29) is 11.5 Å². The number of hydrogen-bond acceptors (Lipinski definition) is 2. The summed E-state index contributed by atoms with van der Waals surface area (Å²) in [6.07, 6.45) is 6.18. The standard InChI is InChI=1S/C13H17FO2/c14-12-8-11(15)6-7-13(12)16-9-10-4-2-1-3-5-10/h6-8,10,15H,1-5,9H2. The topological polar surface area (TPSA) is 29.5 Å². The van der Waals surface area contributed by atoms with E-state index in [1.54, 1.807) is 0 Å². The van der Waals surface area contributed by atoms with Gasteiger partial charge in [0.2, 0.25) is 0 Å². The van der Waals surface area contributed by atoms with Gasteiger partial charge >= 0.3 is 0 Å². The maximum atomic E-state index is 13.3. The summed E-state index contributed by atoms with van der Waals surface area (Å²) >= 11 is 0. The third-order valence-electron chi connectivity index (χ3n) is 3.11. The van der Waals surface area contributed by atoms with Gasteiger partial charge in [-0.15, -0.1) is 0 Å². The maximum absolute atomic E-state index is 13.3. The van der Waals surface area contributed by atoms with Gasteiger partial charge < -0.3 is 9.84 Å². The van der Waals surface area contributed by atoms with Crippen molar-refractivity contribution in [2.75, 3.05) is 6.61 Å². The summed E-state index contributed by atoms with van der Waals surface area (Å²) in [5.41, 5.74) is 0. The van der Waals surface area contributed by atoms with Gasteiger partial charge in [0.15, 0.2) is 11.6 Å². The third-order valence-corrected chi connectivity index (χ3v) is 3.11. The Morgan fingerprint density at radius 3 is 2.69 bits per heavy atom. The first-order valence-corrected chi connectivity index (χ1v) is 5.87. The predicted molar refractivity (Wildman–Crippen MR) is 60.1 cm³/mol. The van der Waals surface area contributed by atoms with Crippen molar-refractivity contribution in [1.29, 1.82) is 0 Å². The van der Waals surface area contributed by atoms with Crippen LogP contribution < -0.4 is 4.74 Å². The smallest absolute Gasteiger partial charge is 0.168 e. The van der Waals surface area contributed by atoms with Gasteiger partial charge in [-0.2, -0.15) is 0 Å². The van der Waals surface area contributed by atoms with E-state index in [1.165, 1.54) is 44.2 Å². The Labute approximate surface area is 95.1 Å². The second-order valence-electron chi connectivity index (χ2n) is 4.43.